The lowest BCUT2D eigenvalue weighted by molar-refractivity contribution is -0.0588. The summed E-state index contributed by atoms with van der Waals surface area (Å²) in [5.74, 6) is -2.33. The first kappa shape index (κ1) is 14.8. The van der Waals surface area contributed by atoms with Crippen LogP contribution in [0.15, 0.2) is 60.8 Å². The lowest BCUT2D eigenvalue weighted by atomic mass is 10.1. The van der Waals surface area contributed by atoms with E-state index in [4.69, 9.17) is 4.84 Å². The van der Waals surface area contributed by atoms with Crippen molar-refractivity contribution >= 4 is 17.8 Å². The smallest absolute Gasteiger partial charge is 0.322 e. The number of hydrogen-bond acceptors (Lipinski definition) is 6. The molecule has 1 aromatic heterocycles. The van der Waals surface area contributed by atoms with Crippen molar-refractivity contribution in [3.05, 3.63) is 77.6 Å². The predicted octanol–water partition coefficient (Wildman–Crippen LogP) is 1.64. The molecule has 0 radical (unpaired) electrons. The van der Waals surface area contributed by atoms with Gasteiger partial charge in [-0.15, -0.1) is 5.10 Å². The number of carbonyl (C=O) groups is 3. The molecule has 2 amide bonds. The van der Waals surface area contributed by atoms with Crippen molar-refractivity contribution < 1.29 is 19.2 Å². The zero-order chi connectivity index (χ0) is 17.4. The van der Waals surface area contributed by atoms with Crippen molar-refractivity contribution in [3.63, 3.8) is 0 Å². The SMILES string of the molecule is O=C(ON1C(=O)c2ccccc2C1=O)c1cn(-c2ccccc2)nn1. The van der Waals surface area contributed by atoms with Gasteiger partial charge in [0.1, 0.15) is 0 Å². The van der Waals surface area contributed by atoms with E-state index in [1.54, 1.807) is 24.3 Å². The van der Waals surface area contributed by atoms with Crippen molar-refractivity contribution in [2.24, 2.45) is 0 Å². The maximum absolute atomic E-state index is 12.2. The second-order valence-corrected chi connectivity index (χ2v) is 5.21. The number of hydrogen-bond donors (Lipinski definition) is 0. The van der Waals surface area contributed by atoms with Crippen LogP contribution in [-0.2, 0) is 4.84 Å². The van der Waals surface area contributed by atoms with Gasteiger partial charge in [-0.25, -0.2) is 9.48 Å². The van der Waals surface area contributed by atoms with E-state index in [1.165, 1.54) is 23.0 Å². The van der Waals surface area contributed by atoms with Crippen LogP contribution in [0.25, 0.3) is 5.69 Å². The van der Waals surface area contributed by atoms with Crippen LogP contribution in [0.4, 0.5) is 0 Å². The number of nitrogens with zero attached hydrogens (tertiary/aromatic N) is 4. The summed E-state index contributed by atoms with van der Waals surface area (Å²) >= 11 is 0. The van der Waals surface area contributed by atoms with Crippen LogP contribution < -0.4 is 0 Å². The summed E-state index contributed by atoms with van der Waals surface area (Å²) in [7, 11) is 0. The lowest BCUT2D eigenvalue weighted by Gasteiger charge is -2.11. The molecule has 2 aromatic carbocycles. The fourth-order valence-corrected chi connectivity index (χ4v) is 2.44. The third-order valence-corrected chi connectivity index (χ3v) is 3.65. The van der Waals surface area contributed by atoms with Crippen molar-refractivity contribution in [1.82, 2.24) is 20.1 Å². The molecule has 0 fully saturated rings. The first-order chi connectivity index (χ1) is 12.1. The van der Waals surface area contributed by atoms with Gasteiger partial charge in [-0.3, -0.25) is 9.59 Å². The minimum absolute atomic E-state index is 0.125. The molecule has 0 saturated heterocycles. The van der Waals surface area contributed by atoms with Crippen LogP contribution in [0.1, 0.15) is 31.2 Å². The topological polar surface area (TPSA) is 94.4 Å². The van der Waals surface area contributed by atoms with E-state index in [0.29, 0.717) is 10.8 Å². The number of rotatable bonds is 3. The number of fused-ring (bicyclic) bond motifs is 1. The summed E-state index contributed by atoms with van der Waals surface area (Å²) in [6, 6.07) is 15.3. The normalized spacial score (nSPS) is 13.0. The summed E-state index contributed by atoms with van der Waals surface area (Å²) in [5, 5.41) is 8.00. The molecule has 8 heteroatoms. The molecule has 8 nitrogen and oxygen atoms in total. The van der Waals surface area contributed by atoms with Crippen molar-refractivity contribution in [3.8, 4) is 5.69 Å². The van der Waals surface area contributed by atoms with Gasteiger partial charge >= 0.3 is 5.97 Å². The van der Waals surface area contributed by atoms with Crippen LogP contribution in [0.5, 0.6) is 0 Å². The van der Waals surface area contributed by atoms with Gasteiger partial charge < -0.3 is 4.84 Å². The molecular formula is C17H10N4O4. The van der Waals surface area contributed by atoms with Crippen LogP contribution in [-0.4, -0.2) is 37.8 Å². The standard InChI is InChI=1S/C17H10N4O4/c22-15-12-8-4-5-9-13(12)16(23)21(15)25-17(24)14-10-20(19-18-14)11-6-2-1-3-7-11/h1-10H. The number of aromatic nitrogens is 3. The fourth-order valence-electron chi connectivity index (χ4n) is 2.44. The number of amides is 2. The van der Waals surface area contributed by atoms with Gasteiger partial charge in [-0.2, -0.15) is 0 Å². The molecule has 0 aliphatic carbocycles. The molecular weight excluding hydrogens is 324 g/mol. The van der Waals surface area contributed by atoms with E-state index in [1.807, 2.05) is 18.2 Å². The Morgan fingerprint density at radius 2 is 1.48 bits per heavy atom. The Balaban J connectivity index is 1.55. The monoisotopic (exact) mass is 334 g/mol. The fraction of sp³-hybridized carbons (Fsp3) is 0. The Morgan fingerprint density at radius 1 is 0.880 bits per heavy atom. The van der Waals surface area contributed by atoms with Crippen molar-refractivity contribution in [2.45, 2.75) is 0 Å². The Labute approximate surface area is 141 Å². The summed E-state index contributed by atoms with van der Waals surface area (Å²) in [6.45, 7) is 0. The Morgan fingerprint density at radius 3 is 2.12 bits per heavy atom. The highest BCUT2D eigenvalue weighted by atomic mass is 16.7. The average Bonchev–Trinajstić information content (AvgIpc) is 3.23. The Hall–Kier alpha value is -3.81. The quantitative estimate of drug-likeness (QED) is 0.676. The minimum atomic E-state index is -0.948. The van der Waals surface area contributed by atoms with Gasteiger partial charge in [0, 0.05) is 0 Å². The maximum Gasteiger partial charge on any atom is 0.385 e. The molecule has 2 heterocycles. The summed E-state index contributed by atoms with van der Waals surface area (Å²) in [5.41, 5.74) is 0.955. The van der Waals surface area contributed by atoms with Gasteiger partial charge in [0.2, 0.25) is 0 Å². The molecule has 122 valence electrons. The summed E-state index contributed by atoms with van der Waals surface area (Å²) < 4.78 is 1.39. The van der Waals surface area contributed by atoms with Gasteiger partial charge in [-0.1, -0.05) is 40.6 Å². The molecule has 0 saturated carbocycles. The van der Waals surface area contributed by atoms with Gasteiger partial charge in [-0.05, 0) is 24.3 Å². The number of imide groups is 1. The molecule has 1 aliphatic rings. The van der Waals surface area contributed by atoms with E-state index < -0.39 is 17.8 Å². The highest BCUT2D eigenvalue weighted by molar-refractivity contribution is 6.21. The average molecular weight is 334 g/mol. The van der Waals surface area contributed by atoms with Gasteiger partial charge in [0.05, 0.1) is 23.0 Å². The summed E-state index contributed by atoms with van der Waals surface area (Å²) in [4.78, 5) is 41.5. The van der Waals surface area contributed by atoms with E-state index >= 15 is 0 Å². The van der Waals surface area contributed by atoms with Crippen LogP contribution in [0, 0.1) is 0 Å². The predicted molar refractivity (Wildman–Crippen MR) is 83.7 cm³/mol. The zero-order valence-corrected chi connectivity index (χ0v) is 12.7. The molecule has 0 spiro atoms. The number of hydroxylamine groups is 2. The van der Waals surface area contributed by atoms with Crippen LogP contribution in [0.2, 0.25) is 0 Å². The molecule has 1 aliphatic heterocycles. The number of benzene rings is 2. The van der Waals surface area contributed by atoms with Crippen LogP contribution in [0.3, 0.4) is 0 Å². The van der Waals surface area contributed by atoms with Gasteiger partial charge in [0.15, 0.2) is 5.69 Å². The third kappa shape index (κ3) is 2.45. The number of carbonyl (C=O) groups excluding carboxylic acids is 3. The van der Waals surface area contributed by atoms with E-state index in [-0.39, 0.29) is 16.8 Å². The summed E-state index contributed by atoms with van der Waals surface area (Å²) in [6.07, 6.45) is 1.36. The second kappa shape index (κ2) is 5.68. The maximum atomic E-state index is 12.2. The van der Waals surface area contributed by atoms with Gasteiger partial charge in [0.25, 0.3) is 11.8 Å². The first-order valence-electron chi connectivity index (χ1n) is 7.33. The zero-order valence-electron chi connectivity index (χ0n) is 12.7. The highest BCUT2D eigenvalue weighted by Crippen LogP contribution is 2.23. The van der Waals surface area contributed by atoms with E-state index in [9.17, 15) is 14.4 Å². The first-order valence-corrected chi connectivity index (χ1v) is 7.33. The van der Waals surface area contributed by atoms with E-state index in [2.05, 4.69) is 10.3 Å². The molecule has 4 rings (SSSR count). The molecule has 0 bridgehead atoms. The van der Waals surface area contributed by atoms with Crippen molar-refractivity contribution in [1.29, 1.82) is 0 Å². The molecule has 0 N–H and O–H groups in total. The Bertz CT molecular complexity index is 962. The largest absolute Gasteiger partial charge is 0.385 e. The molecule has 0 unspecified atom stereocenters. The highest BCUT2D eigenvalue weighted by Gasteiger charge is 2.39. The van der Waals surface area contributed by atoms with E-state index in [0.717, 1.165) is 0 Å². The third-order valence-electron chi connectivity index (χ3n) is 3.65. The van der Waals surface area contributed by atoms with Crippen LogP contribution >= 0.6 is 0 Å². The second-order valence-electron chi connectivity index (χ2n) is 5.21. The number of para-hydroxylation sites is 1. The minimum Gasteiger partial charge on any atom is -0.322 e. The van der Waals surface area contributed by atoms with Crippen molar-refractivity contribution in [2.75, 3.05) is 0 Å². The molecule has 0 atom stereocenters. The molecule has 3 aromatic rings. The molecule has 25 heavy (non-hydrogen) atoms. The lowest BCUT2D eigenvalue weighted by Crippen LogP contribution is -2.32. The Kier molecular flexibility index (Phi) is 3.35.